The Labute approximate surface area is 91.3 Å². The smallest absolute Gasteiger partial charge is 0.323 e. The number of hydrogen-bond donors (Lipinski definition) is 1. The fourth-order valence-corrected chi connectivity index (χ4v) is 1.69. The highest BCUT2D eigenvalue weighted by Gasteiger charge is 2.12. The average molecular weight is 218 g/mol. The molecule has 0 bridgehead atoms. The zero-order valence-corrected chi connectivity index (χ0v) is 8.67. The second kappa shape index (κ2) is 3.77. The van der Waals surface area contributed by atoms with E-state index in [-0.39, 0.29) is 12.3 Å². The van der Waals surface area contributed by atoms with Crippen LogP contribution in [0, 0.1) is 0 Å². The zero-order chi connectivity index (χ0) is 11.7. The van der Waals surface area contributed by atoms with Gasteiger partial charge in [-0.1, -0.05) is 0 Å². The molecular formula is C11H10N2O3. The topological polar surface area (TPSA) is 72.2 Å². The number of ketones is 1. The maximum atomic E-state index is 11.4. The number of carbonyl (C=O) groups is 2. The summed E-state index contributed by atoms with van der Waals surface area (Å²) in [5, 5.41) is 9.49. The van der Waals surface area contributed by atoms with E-state index in [1.54, 1.807) is 24.7 Å². The van der Waals surface area contributed by atoms with Gasteiger partial charge in [0.05, 0.1) is 11.7 Å². The second-order valence-electron chi connectivity index (χ2n) is 3.51. The summed E-state index contributed by atoms with van der Waals surface area (Å²) in [6, 6.07) is 1.71. The van der Waals surface area contributed by atoms with Crippen LogP contribution in [0.15, 0.2) is 24.7 Å². The number of rotatable bonds is 3. The van der Waals surface area contributed by atoms with Gasteiger partial charge in [-0.15, -0.1) is 0 Å². The number of carbonyl (C=O) groups excluding carboxylic acids is 1. The van der Waals surface area contributed by atoms with Crippen molar-refractivity contribution in [2.45, 2.75) is 13.5 Å². The van der Waals surface area contributed by atoms with E-state index in [1.165, 1.54) is 11.5 Å². The number of carboxylic acids is 1. The largest absolute Gasteiger partial charge is 0.480 e. The summed E-state index contributed by atoms with van der Waals surface area (Å²) >= 11 is 0. The molecule has 0 aliphatic rings. The third kappa shape index (κ3) is 1.67. The Morgan fingerprint density at radius 2 is 2.25 bits per heavy atom. The molecule has 16 heavy (non-hydrogen) atoms. The van der Waals surface area contributed by atoms with Crippen LogP contribution in [-0.4, -0.2) is 26.4 Å². The van der Waals surface area contributed by atoms with Gasteiger partial charge in [0.2, 0.25) is 0 Å². The number of carboxylic acid groups (broad SMARTS) is 1. The summed E-state index contributed by atoms with van der Waals surface area (Å²) in [6.07, 6.45) is 4.70. The van der Waals surface area contributed by atoms with Crippen molar-refractivity contribution in [2.24, 2.45) is 0 Å². The Hall–Kier alpha value is -2.17. The molecule has 1 N–H and O–H groups in total. The minimum atomic E-state index is -0.948. The lowest BCUT2D eigenvalue weighted by molar-refractivity contribution is -0.137. The fourth-order valence-electron chi connectivity index (χ4n) is 1.69. The minimum absolute atomic E-state index is 0.0830. The minimum Gasteiger partial charge on any atom is -0.480 e. The summed E-state index contributed by atoms with van der Waals surface area (Å²) in [5.41, 5.74) is 1.19. The molecule has 0 saturated carbocycles. The number of aliphatic carboxylic acids is 1. The Morgan fingerprint density at radius 1 is 1.50 bits per heavy atom. The molecule has 5 heteroatoms. The molecule has 2 aromatic rings. The highest BCUT2D eigenvalue weighted by molar-refractivity contribution is 6.06. The van der Waals surface area contributed by atoms with Gasteiger partial charge in [-0.05, 0) is 13.0 Å². The van der Waals surface area contributed by atoms with E-state index in [0.29, 0.717) is 11.1 Å². The van der Waals surface area contributed by atoms with E-state index in [9.17, 15) is 9.59 Å². The molecule has 0 aliphatic heterocycles. The van der Waals surface area contributed by atoms with Crippen molar-refractivity contribution < 1.29 is 14.7 Å². The molecule has 5 nitrogen and oxygen atoms in total. The Balaban J connectivity index is 2.66. The molecule has 2 aromatic heterocycles. The molecule has 0 spiro atoms. The van der Waals surface area contributed by atoms with Crippen molar-refractivity contribution in [2.75, 3.05) is 0 Å². The van der Waals surface area contributed by atoms with Gasteiger partial charge in [-0.25, -0.2) is 0 Å². The van der Waals surface area contributed by atoms with E-state index in [1.807, 2.05) is 0 Å². The molecule has 0 amide bonds. The number of aromatic nitrogens is 2. The Morgan fingerprint density at radius 3 is 2.88 bits per heavy atom. The average Bonchev–Trinajstić information content (AvgIpc) is 2.57. The summed E-state index contributed by atoms with van der Waals surface area (Å²) in [5.74, 6) is -1.03. The van der Waals surface area contributed by atoms with Gasteiger partial charge >= 0.3 is 5.97 Å². The van der Waals surface area contributed by atoms with Crippen LogP contribution in [0.2, 0.25) is 0 Å². The van der Waals surface area contributed by atoms with Crippen molar-refractivity contribution in [1.29, 1.82) is 0 Å². The zero-order valence-electron chi connectivity index (χ0n) is 8.67. The SMILES string of the molecule is CC(=O)c1cn(CC(=O)O)c2cnccc12. The van der Waals surface area contributed by atoms with Crippen molar-refractivity contribution >= 4 is 22.7 Å². The van der Waals surface area contributed by atoms with Gasteiger partial charge in [0.25, 0.3) is 0 Å². The summed E-state index contributed by atoms with van der Waals surface area (Å²) < 4.78 is 1.52. The molecule has 0 radical (unpaired) electrons. The van der Waals surface area contributed by atoms with Crippen LogP contribution in [0.25, 0.3) is 10.9 Å². The highest BCUT2D eigenvalue weighted by atomic mass is 16.4. The quantitative estimate of drug-likeness (QED) is 0.788. The molecule has 0 unspecified atom stereocenters. The van der Waals surface area contributed by atoms with Crippen LogP contribution < -0.4 is 0 Å². The normalized spacial score (nSPS) is 10.6. The fraction of sp³-hybridized carbons (Fsp3) is 0.182. The third-order valence-corrected chi connectivity index (χ3v) is 2.37. The lowest BCUT2D eigenvalue weighted by Crippen LogP contribution is -2.07. The number of fused-ring (bicyclic) bond motifs is 1. The number of hydrogen-bond acceptors (Lipinski definition) is 3. The van der Waals surface area contributed by atoms with Crippen molar-refractivity contribution in [1.82, 2.24) is 9.55 Å². The maximum Gasteiger partial charge on any atom is 0.323 e. The Kier molecular flexibility index (Phi) is 2.44. The van der Waals surface area contributed by atoms with Crippen LogP contribution >= 0.6 is 0 Å². The number of Topliss-reactive ketones (excluding diaryl/α,β-unsaturated/α-hetero) is 1. The van der Waals surface area contributed by atoms with Gasteiger partial charge in [0, 0.05) is 23.3 Å². The van der Waals surface area contributed by atoms with Crippen LogP contribution in [-0.2, 0) is 11.3 Å². The van der Waals surface area contributed by atoms with Crippen molar-refractivity contribution in [3.8, 4) is 0 Å². The lowest BCUT2D eigenvalue weighted by atomic mass is 10.1. The van der Waals surface area contributed by atoms with Crippen LogP contribution in [0.3, 0.4) is 0 Å². The molecule has 0 aliphatic carbocycles. The van der Waals surface area contributed by atoms with Crippen LogP contribution in [0.5, 0.6) is 0 Å². The van der Waals surface area contributed by atoms with Gasteiger partial charge < -0.3 is 9.67 Å². The van der Waals surface area contributed by atoms with E-state index < -0.39 is 5.97 Å². The second-order valence-corrected chi connectivity index (χ2v) is 3.51. The van der Waals surface area contributed by atoms with Crippen LogP contribution in [0.4, 0.5) is 0 Å². The Bertz CT molecular complexity index is 572. The summed E-state index contributed by atoms with van der Waals surface area (Å²) in [6.45, 7) is 1.29. The van der Waals surface area contributed by atoms with Gasteiger partial charge in [-0.3, -0.25) is 14.6 Å². The monoisotopic (exact) mass is 218 g/mol. The molecule has 82 valence electrons. The first kappa shape index (κ1) is 10.4. The molecule has 0 saturated heterocycles. The van der Waals surface area contributed by atoms with E-state index in [4.69, 9.17) is 5.11 Å². The van der Waals surface area contributed by atoms with Crippen molar-refractivity contribution in [3.63, 3.8) is 0 Å². The molecule has 0 aromatic carbocycles. The first-order valence-corrected chi connectivity index (χ1v) is 4.75. The molecular weight excluding hydrogens is 208 g/mol. The summed E-state index contributed by atoms with van der Waals surface area (Å²) in [4.78, 5) is 26.0. The summed E-state index contributed by atoms with van der Waals surface area (Å²) in [7, 11) is 0. The highest BCUT2D eigenvalue weighted by Crippen LogP contribution is 2.20. The van der Waals surface area contributed by atoms with Gasteiger partial charge in [0.15, 0.2) is 5.78 Å². The first-order chi connectivity index (χ1) is 7.59. The van der Waals surface area contributed by atoms with Crippen LogP contribution in [0.1, 0.15) is 17.3 Å². The standard InChI is InChI=1S/C11H10N2O3/c1-7(14)9-5-13(6-11(15)16)10-4-12-3-2-8(9)10/h2-5H,6H2,1H3,(H,15,16). The molecule has 0 fully saturated rings. The molecule has 0 atom stereocenters. The number of nitrogens with zero attached hydrogens (tertiary/aromatic N) is 2. The maximum absolute atomic E-state index is 11.4. The predicted octanol–water partition coefficient (Wildman–Crippen LogP) is 1.32. The lowest BCUT2D eigenvalue weighted by Gasteiger charge is -1.98. The predicted molar refractivity (Wildman–Crippen MR) is 57.4 cm³/mol. The number of pyridine rings is 1. The van der Waals surface area contributed by atoms with Crippen molar-refractivity contribution in [3.05, 3.63) is 30.2 Å². The third-order valence-electron chi connectivity index (χ3n) is 2.37. The van der Waals surface area contributed by atoms with E-state index in [0.717, 1.165) is 5.39 Å². The van der Waals surface area contributed by atoms with E-state index >= 15 is 0 Å². The molecule has 2 rings (SSSR count). The molecule has 2 heterocycles. The van der Waals surface area contributed by atoms with Gasteiger partial charge in [0.1, 0.15) is 6.54 Å². The van der Waals surface area contributed by atoms with Gasteiger partial charge in [-0.2, -0.15) is 0 Å². The first-order valence-electron chi connectivity index (χ1n) is 4.75. The van der Waals surface area contributed by atoms with E-state index in [2.05, 4.69) is 4.98 Å².